The van der Waals surface area contributed by atoms with Crippen molar-refractivity contribution in [1.29, 1.82) is 0 Å². The molecule has 0 radical (unpaired) electrons. The summed E-state index contributed by atoms with van der Waals surface area (Å²) in [7, 11) is 3.17. The average Bonchev–Trinajstić information content (AvgIpc) is 2.75. The predicted octanol–water partition coefficient (Wildman–Crippen LogP) is 4.99. The molecule has 0 spiro atoms. The summed E-state index contributed by atoms with van der Waals surface area (Å²) in [4.78, 5) is 27.8. The minimum absolute atomic E-state index is 0.123. The first kappa shape index (κ1) is 23.1. The topological polar surface area (TPSA) is 65.1 Å². The molecule has 1 aliphatic heterocycles. The second kappa shape index (κ2) is 9.73. The largest absolute Gasteiger partial charge is 0.496 e. The number of methoxy groups -OCH3 is 2. The number of hydrogen-bond donors (Lipinski definition) is 0. The number of likely N-dealkylation sites (tertiary alicyclic amines) is 1. The molecule has 32 heavy (non-hydrogen) atoms. The molecule has 0 aliphatic carbocycles. The highest BCUT2D eigenvalue weighted by molar-refractivity contribution is 6.15. The fourth-order valence-electron chi connectivity index (χ4n) is 3.44. The Labute approximate surface area is 189 Å². The molecular formula is C26H29NO5. The van der Waals surface area contributed by atoms with E-state index in [-0.39, 0.29) is 18.9 Å². The number of ketones is 1. The van der Waals surface area contributed by atoms with E-state index in [4.69, 9.17) is 14.2 Å². The number of Topliss-reactive ketones (excluding diaryl/α,β-unsaturated/α-hetero) is 1. The van der Waals surface area contributed by atoms with E-state index < -0.39 is 11.7 Å². The number of piperidine rings is 1. The molecule has 1 saturated heterocycles. The lowest BCUT2D eigenvalue weighted by molar-refractivity contribution is -0.113. The van der Waals surface area contributed by atoms with E-state index >= 15 is 0 Å². The van der Waals surface area contributed by atoms with E-state index in [1.54, 1.807) is 26.4 Å². The van der Waals surface area contributed by atoms with E-state index in [1.165, 1.54) is 4.90 Å². The summed E-state index contributed by atoms with van der Waals surface area (Å²) >= 11 is 0. The van der Waals surface area contributed by atoms with Gasteiger partial charge in [-0.2, -0.15) is 0 Å². The predicted molar refractivity (Wildman–Crippen MR) is 125 cm³/mol. The fraction of sp³-hybridized carbons (Fsp3) is 0.308. The van der Waals surface area contributed by atoms with Crippen molar-refractivity contribution in [3.05, 3.63) is 70.8 Å². The van der Waals surface area contributed by atoms with Crippen molar-refractivity contribution < 1.29 is 23.8 Å². The average molecular weight is 436 g/mol. The van der Waals surface area contributed by atoms with Crippen LogP contribution >= 0.6 is 0 Å². The zero-order chi connectivity index (χ0) is 23.3. The fourth-order valence-corrected chi connectivity index (χ4v) is 3.44. The van der Waals surface area contributed by atoms with Crippen LogP contribution in [0, 0.1) is 0 Å². The lowest BCUT2D eigenvalue weighted by atomic mass is 9.94. The van der Waals surface area contributed by atoms with Crippen LogP contribution in [0.25, 0.3) is 12.2 Å². The smallest absolute Gasteiger partial charge is 0.410 e. The van der Waals surface area contributed by atoms with Gasteiger partial charge in [-0.05, 0) is 45.1 Å². The molecule has 0 N–H and O–H groups in total. The number of rotatable bonds is 4. The molecule has 2 aromatic carbocycles. The van der Waals surface area contributed by atoms with Gasteiger partial charge in [0.1, 0.15) is 17.1 Å². The van der Waals surface area contributed by atoms with Crippen molar-refractivity contribution in [1.82, 2.24) is 4.90 Å². The molecule has 0 saturated carbocycles. The molecule has 168 valence electrons. The number of hydrogen-bond acceptors (Lipinski definition) is 5. The number of ether oxygens (including phenoxy) is 3. The summed E-state index contributed by atoms with van der Waals surface area (Å²) in [5, 5.41) is 0. The van der Waals surface area contributed by atoms with Gasteiger partial charge in [-0.15, -0.1) is 0 Å². The standard InChI is InChI=1S/C26H29NO5/c1-26(2,3)32-25(29)27-16-20(14-18-10-6-8-12-22(18)30-4)24(28)21(17-27)15-19-11-7-9-13-23(19)31-5/h6-15H,16-17H2,1-5H3/b20-14+,21-15+. The van der Waals surface area contributed by atoms with Crippen LogP contribution in [0.4, 0.5) is 4.79 Å². The second-order valence-electron chi connectivity index (χ2n) is 8.49. The van der Waals surface area contributed by atoms with Gasteiger partial charge >= 0.3 is 6.09 Å². The highest BCUT2D eigenvalue weighted by Crippen LogP contribution is 2.28. The van der Waals surface area contributed by atoms with Gasteiger partial charge in [0.05, 0.1) is 27.3 Å². The molecule has 1 aliphatic rings. The van der Waals surface area contributed by atoms with Crippen molar-refractivity contribution >= 4 is 24.0 Å². The third-order valence-electron chi connectivity index (χ3n) is 4.89. The van der Waals surface area contributed by atoms with Gasteiger partial charge in [-0.3, -0.25) is 9.69 Å². The Hall–Kier alpha value is -3.54. The Balaban J connectivity index is 2.05. The zero-order valence-corrected chi connectivity index (χ0v) is 19.2. The van der Waals surface area contributed by atoms with Gasteiger partial charge in [-0.1, -0.05) is 36.4 Å². The van der Waals surface area contributed by atoms with Crippen LogP contribution in [0.2, 0.25) is 0 Å². The highest BCUT2D eigenvalue weighted by atomic mass is 16.6. The number of benzene rings is 2. The molecule has 1 fully saturated rings. The van der Waals surface area contributed by atoms with E-state index in [0.29, 0.717) is 22.6 Å². The van der Waals surface area contributed by atoms with Crippen molar-refractivity contribution in [3.63, 3.8) is 0 Å². The lowest BCUT2D eigenvalue weighted by Gasteiger charge is -2.32. The lowest BCUT2D eigenvalue weighted by Crippen LogP contribution is -2.44. The maximum atomic E-state index is 13.4. The van der Waals surface area contributed by atoms with Crippen LogP contribution in [0.15, 0.2) is 59.7 Å². The van der Waals surface area contributed by atoms with E-state index in [0.717, 1.165) is 11.1 Å². The van der Waals surface area contributed by atoms with Gasteiger partial charge < -0.3 is 14.2 Å². The molecule has 3 rings (SSSR count). The number of nitrogens with zero attached hydrogens (tertiary/aromatic N) is 1. The minimum Gasteiger partial charge on any atom is -0.496 e. The van der Waals surface area contributed by atoms with Crippen LogP contribution in [0.5, 0.6) is 11.5 Å². The normalized spacial score (nSPS) is 16.9. The summed E-state index contributed by atoms with van der Waals surface area (Å²) in [5.41, 5.74) is 1.85. The monoisotopic (exact) mass is 435 g/mol. The molecule has 1 amide bonds. The molecule has 0 unspecified atom stereocenters. The molecule has 6 heteroatoms. The molecule has 2 aromatic rings. The van der Waals surface area contributed by atoms with E-state index in [2.05, 4.69) is 0 Å². The van der Waals surface area contributed by atoms with E-state index in [9.17, 15) is 9.59 Å². The highest BCUT2D eigenvalue weighted by Gasteiger charge is 2.32. The SMILES string of the molecule is COc1ccccc1/C=C1\CN(C(=O)OC(C)(C)C)C/C(=C\c2ccccc2OC)C1=O. The second-order valence-corrected chi connectivity index (χ2v) is 8.49. The quantitative estimate of drug-likeness (QED) is 0.633. The molecule has 6 nitrogen and oxygen atoms in total. The Kier molecular flexibility index (Phi) is 7.03. The molecule has 0 aromatic heterocycles. The third kappa shape index (κ3) is 5.58. The Bertz CT molecular complexity index is 992. The molecular weight excluding hydrogens is 406 g/mol. The first-order valence-electron chi connectivity index (χ1n) is 10.4. The van der Waals surface area contributed by atoms with Crippen LogP contribution in [-0.4, -0.2) is 49.7 Å². The third-order valence-corrected chi connectivity index (χ3v) is 4.89. The van der Waals surface area contributed by atoms with Gasteiger partial charge in [0.25, 0.3) is 0 Å². The maximum Gasteiger partial charge on any atom is 0.410 e. The zero-order valence-electron chi connectivity index (χ0n) is 19.2. The summed E-state index contributed by atoms with van der Waals surface area (Å²) in [6, 6.07) is 14.9. The number of amides is 1. The van der Waals surface area contributed by atoms with E-state index in [1.807, 2.05) is 69.3 Å². The van der Waals surface area contributed by atoms with Gasteiger partial charge in [-0.25, -0.2) is 4.79 Å². The number of carbonyl (C=O) groups is 2. The molecule has 0 atom stereocenters. The van der Waals surface area contributed by atoms with Crippen LogP contribution in [-0.2, 0) is 9.53 Å². The first-order valence-corrected chi connectivity index (χ1v) is 10.4. The maximum absolute atomic E-state index is 13.4. The van der Waals surface area contributed by atoms with Crippen molar-refractivity contribution in [2.75, 3.05) is 27.3 Å². The van der Waals surface area contributed by atoms with Gasteiger partial charge in [0.15, 0.2) is 5.78 Å². The van der Waals surface area contributed by atoms with Gasteiger partial charge in [0, 0.05) is 22.3 Å². The number of carbonyl (C=O) groups excluding carboxylic acids is 2. The van der Waals surface area contributed by atoms with Crippen molar-refractivity contribution in [2.45, 2.75) is 26.4 Å². The Morgan fingerprint density at radius 3 is 1.69 bits per heavy atom. The molecule has 1 heterocycles. The molecule has 0 bridgehead atoms. The van der Waals surface area contributed by atoms with Crippen LogP contribution < -0.4 is 9.47 Å². The summed E-state index contributed by atoms with van der Waals surface area (Å²) in [5.74, 6) is 1.18. The Morgan fingerprint density at radius 1 is 0.844 bits per heavy atom. The van der Waals surface area contributed by atoms with Crippen molar-refractivity contribution in [3.8, 4) is 11.5 Å². The minimum atomic E-state index is -0.641. The summed E-state index contributed by atoms with van der Waals surface area (Å²) in [6.45, 7) is 5.75. The van der Waals surface area contributed by atoms with Crippen LogP contribution in [0.1, 0.15) is 31.9 Å². The van der Waals surface area contributed by atoms with Gasteiger partial charge in [0.2, 0.25) is 0 Å². The number of para-hydroxylation sites is 2. The van der Waals surface area contributed by atoms with Crippen LogP contribution in [0.3, 0.4) is 0 Å². The first-order chi connectivity index (χ1) is 15.2. The Morgan fingerprint density at radius 2 is 1.28 bits per heavy atom. The van der Waals surface area contributed by atoms with Crippen molar-refractivity contribution in [2.24, 2.45) is 0 Å². The summed E-state index contributed by atoms with van der Waals surface area (Å²) < 4.78 is 16.4. The summed E-state index contributed by atoms with van der Waals surface area (Å²) in [6.07, 6.45) is 3.07.